The maximum absolute atomic E-state index is 11.1. The number of aryl methyl sites for hydroxylation is 2. The minimum absolute atomic E-state index is 0.00359. The molecule has 2 unspecified atom stereocenters. The lowest BCUT2D eigenvalue weighted by atomic mass is 9.92. The Morgan fingerprint density at radius 3 is 2.65 bits per heavy atom. The van der Waals surface area contributed by atoms with Gasteiger partial charge < -0.3 is 24.6 Å². The molecule has 0 aromatic heterocycles. The highest BCUT2D eigenvalue weighted by Crippen LogP contribution is 2.45. The van der Waals surface area contributed by atoms with Crippen LogP contribution in [0.1, 0.15) is 47.1 Å². The van der Waals surface area contributed by atoms with E-state index in [9.17, 15) is 4.79 Å². The Balaban J connectivity index is 1.35. The molecule has 6 nitrogen and oxygen atoms in total. The number of hydrogen-bond donors (Lipinski definition) is 2. The Hall–Kier alpha value is -3.32. The van der Waals surface area contributed by atoms with Gasteiger partial charge in [-0.3, -0.25) is 4.79 Å². The highest BCUT2D eigenvalue weighted by molar-refractivity contribution is 7.98. The topological polar surface area (TPSA) is 77.0 Å². The average Bonchev–Trinajstić information content (AvgIpc) is 3.45. The molecule has 2 atom stereocenters. The van der Waals surface area contributed by atoms with Crippen LogP contribution < -0.4 is 19.5 Å². The van der Waals surface area contributed by atoms with E-state index in [2.05, 4.69) is 55.8 Å². The van der Waals surface area contributed by atoms with Crippen molar-refractivity contribution >= 4 is 23.4 Å². The fourth-order valence-electron chi connectivity index (χ4n) is 5.34. The number of fused-ring (bicyclic) bond motifs is 2. The first-order valence-corrected chi connectivity index (χ1v) is 14.1. The van der Waals surface area contributed by atoms with E-state index < -0.39 is 5.97 Å². The number of anilines is 1. The minimum atomic E-state index is -0.807. The molecule has 2 heterocycles. The quantitative estimate of drug-likeness (QED) is 0.292. The Morgan fingerprint density at radius 1 is 1.08 bits per heavy atom. The number of ether oxygens (including phenoxy) is 3. The first-order valence-electron chi connectivity index (χ1n) is 12.7. The fraction of sp³-hybridized carbons (Fsp3) is 0.367. The summed E-state index contributed by atoms with van der Waals surface area (Å²) in [5.41, 5.74) is 7.63. The van der Waals surface area contributed by atoms with Crippen LogP contribution in [0.4, 0.5) is 5.69 Å². The predicted octanol–water partition coefficient (Wildman–Crippen LogP) is 6.60. The third-order valence-electron chi connectivity index (χ3n) is 7.01. The van der Waals surface area contributed by atoms with E-state index in [4.69, 9.17) is 19.3 Å². The molecule has 2 N–H and O–H groups in total. The summed E-state index contributed by atoms with van der Waals surface area (Å²) in [6.07, 6.45) is 3.23. The molecule has 0 bridgehead atoms. The lowest BCUT2D eigenvalue weighted by molar-refractivity contribution is -0.137. The summed E-state index contributed by atoms with van der Waals surface area (Å²) in [5, 5.41) is 12.7. The number of aliphatic carboxylic acids is 1. The Kier molecular flexibility index (Phi) is 7.51. The summed E-state index contributed by atoms with van der Waals surface area (Å²) < 4.78 is 18.1. The second kappa shape index (κ2) is 11.0. The van der Waals surface area contributed by atoms with Gasteiger partial charge in [0.25, 0.3) is 0 Å². The second-order valence-corrected chi connectivity index (χ2v) is 10.7. The third-order valence-corrected chi connectivity index (χ3v) is 7.70. The molecule has 5 rings (SSSR count). The lowest BCUT2D eigenvalue weighted by Gasteiger charge is -2.17. The largest absolute Gasteiger partial charge is 0.494 e. The van der Waals surface area contributed by atoms with Crippen molar-refractivity contribution < 1.29 is 24.1 Å². The van der Waals surface area contributed by atoms with E-state index in [0.29, 0.717) is 13.2 Å². The lowest BCUT2D eigenvalue weighted by Crippen LogP contribution is -2.11. The number of para-hydroxylation sites is 1. The van der Waals surface area contributed by atoms with Crippen molar-refractivity contribution in [1.29, 1.82) is 0 Å². The van der Waals surface area contributed by atoms with Crippen LogP contribution in [-0.4, -0.2) is 42.9 Å². The molecular formula is C30H33NO5S. The smallest absolute Gasteiger partial charge is 0.304 e. The normalized spacial score (nSPS) is 17.5. The van der Waals surface area contributed by atoms with Crippen molar-refractivity contribution in [2.75, 3.05) is 37.1 Å². The van der Waals surface area contributed by atoms with Gasteiger partial charge in [0.05, 0.1) is 25.7 Å². The van der Waals surface area contributed by atoms with E-state index in [0.717, 1.165) is 58.4 Å². The van der Waals surface area contributed by atoms with E-state index >= 15 is 0 Å². The molecule has 194 valence electrons. The van der Waals surface area contributed by atoms with Gasteiger partial charge in [0, 0.05) is 34.4 Å². The van der Waals surface area contributed by atoms with Gasteiger partial charge in [0.2, 0.25) is 0 Å². The van der Waals surface area contributed by atoms with Crippen LogP contribution in [0.15, 0.2) is 48.5 Å². The molecule has 2 aliphatic heterocycles. The van der Waals surface area contributed by atoms with Crippen LogP contribution in [0.2, 0.25) is 0 Å². The number of benzene rings is 3. The number of carboxylic acids is 1. The molecule has 37 heavy (non-hydrogen) atoms. The summed E-state index contributed by atoms with van der Waals surface area (Å²) in [5.74, 6) is 2.78. The van der Waals surface area contributed by atoms with Crippen molar-refractivity contribution in [3.05, 3.63) is 70.8 Å². The van der Waals surface area contributed by atoms with Crippen LogP contribution in [0.3, 0.4) is 0 Å². The van der Waals surface area contributed by atoms with Gasteiger partial charge in [-0.05, 0) is 67.2 Å². The minimum Gasteiger partial charge on any atom is -0.494 e. The molecule has 0 saturated carbocycles. The number of carbonyl (C=O) groups is 1. The van der Waals surface area contributed by atoms with E-state index in [1.807, 2.05) is 30.0 Å². The molecule has 0 aliphatic carbocycles. The average molecular weight is 520 g/mol. The SMILES string of the molecule is CSCCCOc1cc(C)c(-c2cccc3c2OCC3Nc2ccc3c(c2)OCC3CC(=O)O)c(C)c1. The molecule has 0 saturated heterocycles. The summed E-state index contributed by atoms with van der Waals surface area (Å²) in [4.78, 5) is 11.1. The van der Waals surface area contributed by atoms with Gasteiger partial charge in [-0.2, -0.15) is 11.8 Å². The molecule has 3 aromatic carbocycles. The molecular weight excluding hydrogens is 486 g/mol. The number of rotatable bonds is 10. The Bertz CT molecular complexity index is 1280. The van der Waals surface area contributed by atoms with Gasteiger partial charge in [-0.15, -0.1) is 0 Å². The van der Waals surface area contributed by atoms with Crippen LogP contribution in [0, 0.1) is 13.8 Å². The summed E-state index contributed by atoms with van der Waals surface area (Å²) in [6.45, 7) is 5.92. The molecule has 0 spiro atoms. The Morgan fingerprint density at radius 2 is 1.89 bits per heavy atom. The van der Waals surface area contributed by atoms with Crippen LogP contribution >= 0.6 is 11.8 Å². The van der Waals surface area contributed by atoms with Crippen molar-refractivity contribution in [1.82, 2.24) is 0 Å². The Labute approximate surface area is 222 Å². The van der Waals surface area contributed by atoms with Gasteiger partial charge in [0.15, 0.2) is 0 Å². The molecule has 7 heteroatoms. The number of carboxylic acid groups (broad SMARTS) is 1. The first kappa shape index (κ1) is 25.3. The summed E-state index contributed by atoms with van der Waals surface area (Å²) in [6, 6.07) is 16.5. The highest BCUT2D eigenvalue weighted by atomic mass is 32.2. The number of hydrogen-bond acceptors (Lipinski definition) is 6. The molecule has 2 aliphatic rings. The maximum Gasteiger partial charge on any atom is 0.304 e. The molecule has 0 fully saturated rings. The van der Waals surface area contributed by atoms with E-state index in [-0.39, 0.29) is 18.4 Å². The van der Waals surface area contributed by atoms with Gasteiger partial charge in [-0.25, -0.2) is 0 Å². The van der Waals surface area contributed by atoms with E-state index in [1.165, 1.54) is 16.7 Å². The number of nitrogens with one attached hydrogen (secondary N) is 1. The molecule has 0 radical (unpaired) electrons. The highest BCUT2D eigenvalue weighted by Gasteiger charge is 2.30. The second-order valence-electron chi connectivity index (χ2n) is 9.72. The zero-order valence-corrected chi connectivity index (χ0v) is 22.3. The first-order chi connectivity index (χ1) is 17.9. The zero-order chi connectivity index (χ0) is 25.9. The third kappa shape index (κ3) is 5.37. The monoisotopic (exact) mass is 519 g/mol. The summed E-state index contributed by atoms with van der Waals surface area (Å²) >= 11 is 1.84. The van der Waals surface area contributed by atoms with Crippen molar-refractivity contribution in [2.24, 2.45) is 0 Å². The summed E-state index contributed by atoms with van der Waals surface area (Å²) in [7, 11) is 0. The maximum atomic E-state index is 11.1. The van der Waals surface area contributed by atoms with Gasteiger partial charge >= 0.3 is 5.97 Å². The van der Waals surface area contributed by atoms with Crippen LogP contribution in [0.5, 0.6) is 17.2 Å². The fourth-order valence-corrected chi connectivity index (χ4v) is 5.74. The number of thioether (sulfide) groups is 1. The van der Waals surface area contributed by atoms with Crippen LogP contribution in [-0.2, 0) is 4.79 Å². The van der Waals surface area contributed by atoms with Crippen molar-refractivity contribution in [3.8, 4) is 28.4 Å². The van der Waals surface area contributed by atoms with Crippen molar-refractivity contribution in [2.45, 2.75) is 38.6 Å². The van der Waals surface area contributed by atoms with Crippen molar-refractivity contribution in [3.63, 3.8) is 0 Å². The zero-order valence-electron chi connectivity index (χ0n) is 21.5. The molecule has 3 aromatic rings. The van der Waals surface area contributed by atoms with Crippen LogP contribution in [0.25, 0.3) is 11.1 Å². The predicted molar refractivity (Wildman–Crippen MR) is 149 cm³/mol. The van der Waals surface area contributed by atoms with E-state index in [1.54, 1.807) is 0 Å². The molecule has 0 amide bonds. The van der Waals surface area contributed by atoms with Gasteiger partial charge in [-0.1, -0.05) is 24.3 Å². The van der Waals surface area contributed by atoms with Gasteiger partial charge in [0.1, 0.15) is 23.9 Å². The standard InChI is InChI=1S/C30H33NO5S/c1-18-12-22(34-10-5-11-37-3)13-19(2)29(18)25-7-4-6-24-26(17-36-30(24)25)31-21-8-9-23-20(14-28(32)33)16-35-27(23)15-21/h4,6-9,12-13,15,20,26,31H,5,10-11,14,16-17H2,1-3H3,(H,32,33).